The lowest BCUT2D eigenvalue weighted by Crippen LogP contribution is -2.34. The molecule has 3 heterocycles. The summed E-state index contributed by atoms with van der Waals surface area (Å²) in [7, 11) is 0. The maximum Gasteiger partial charge on any atom is 0.185 e. The molecule has 8 nitrogen and oxygen atoms in total. The van der Waals surface area contributed by atoms with Gasteiger partial charge in [-0.25, -0.2) is 4.98 Å². The predicted molar refractivity (Wildman–Crippen MR) is 114 cm³/mol. The lowest BCUT2D eigenvalue weighted by Gasteiger charge is -2.31. The van der Waals surface area contributed by atoms with Gasteiger partial charge in [0, 0.05) is 48.4 Å². The van der Waals surface area contributed by atoms with Crippen molar-refractivity contribution in [2.75, 3.05) is 17.2 Å². The van der Waals surface area contributed by atoms with Crippen LogP contribution in [0.2, 0.25) is 0 Å². The maximum atomic E-state index is 11.6. The van der Waals surface area contributed by atoms with Gasteiger partial charge in [-0.2, -0.15) is 14.3 Å². The average Bonchev–Trinajstić information content (AvgIpc) is 3.51. The third-order valence-electron chi connectivity index (χ3n) is 6.30. The molecule has 5 rings (SSSR count). The van der Waals surface area contributed by atoms with Crippen LogP contribution in [-0.2, 0) is 6.54 Å². The molecule has 2 fully saturated rings. The van der Waals surface area contributed by atoms with Crippen molar-refractivity contribution in [3.8, 4) is 0 Å². The fourth-order valence-electron chi connectivity index (χ4n) is 4.47. The van der Waals surface area contributed by atoms with Crippen molar-refractivity contribution in [1.82, 2.24) is 14.6 Å². The minimum absolute atomic E-state index is 0.203. The van der Waals surface area contributed by atoms with Crippen molar-refractivity contribution in [3.63, 3.8) is 0 Å². The van der Waals surface area contributed by atoms with Crippen LogP contribution in [-0.4, -0.2) is 32.4 Å². The molecule has 158 valence electrons. The quantitative estimate of drug-likeness (QED) is 0.410. The van der Waals surface area contributed by atoms with E-state index in [0.717, 1.165) is 40.4 Å². The number of aliphatic hydroxyl groups excluding tert-OH is 1. The lowest BCUT2D eigenvalue weighted by atomic mass is 9.85. The first-order valence-corrected chi connectivity index (χ1v) is 10.9. The van der Waals surface area contributed by atoms with Crippen molar-refractivity contribution >= 4 is 17.3 Å². The first kappa shape index (κ1) is 19.1. The standard InChI is InChI=1S/C22H28N6O2/c29-14-17-5-1-2-6-19(17)25-20-10-21(23-11-15-4-3-9-27(30)13-15)28-22(26-20)18(12-24-28)16-7-8-16/h3-4,9-10,12-13,16-17,19,23,29H,1-2,5-8,11,14H2,(H,25,26). The van der Waals surface area contributed by atoms with Crippen LogP contribution in [0.5, 0.6) is 0 Å². The number of rotatable bonds is 7. The summed E-state index contributed by atoms with van der Waals surface area (Å²) in [5.41, 5.74) is 2.98. The summed E-state index contributed by atoms with van der Waals surface area (Å²) in [5, 5.41) is 32.9. The van der Waals surface area contributed by atoms with Gasteiger partial charge in [0.25, 0.3) is 0 Å². The molecule has 8 heteroatoms. The second-order valence-electron chi connectivity index (χ2n) is 8.54. The molecule has 0 aromatic carbocycles. The third-order valence-corrected chi connectivity index (χ3v) is 6.30. The summed E-state index contributed by atoms with van der Waals surface area (Å²) < 4.78 is 2.67. The zero-order valence-corrected chi connectivity index (χ0v) is 17.0. The van der Waals surface area contributed by atoms with Crippen LogP contribution in [0.15, 0.2) is 36.8 Å². The molecule has 0 spiro atoms. The Morgan fingerprint density at radius 3 is 2.90 bits per heavy atom. The first-order chi connectivity index (χ1) is 14.7. The summed E-state index contributed by atoms with van der Waals surface area (Å²) in [6.07, 6.45) is 11.8. The normalized spacial score (nSPS) is 21.6. The molecule has 2 saturated carbocycles. The van der Waals surface area contributed by atoms with Crippen LogP contribution in [0, 0.1) is 11.1 Å². The van der Waals surface area contributed by atoms with E-state index in [-0.39, 0.29) is 18.6 Å². The van der Waals surface area contributed by atoms with E-state index >= 15 is 0 Å². The zero-order chi connectivity index (χ0) is 20.5. The number of hydrogen-bond acceptors (Lipinski definition) is 6. The molecule has 0 radical (unpaired) electrons. The summed E-state index contributed by atoms with van der Waals surface area (Å²) in [6, 6.07) is 5.88. The highest BCUT2D eigenvalue weighted by atomic mass is 16.5. The molecule has 0 bridgehead atoms. The van der Waals surface area contributed by atoms with Crippen LogP contribution >= 0.6 is 0 Å². The van der Waals surface area contributed by atoms with Crippen molar-refractivity contribution < 1.29 is 9.84 Å². The molecule has 2 unspecified atom stereocenters. The van der Waals surface area contributed by atoms with Gasteiger partial charge in [-0.15, -0.1) is 0 Å². The van der Waals surface area contributed by atoms with Crippen LogP contribution in [0.1, 0.15) is 55.6 Å². The van der Waals surface area contributed by atoms with Gasteiger partial charge in [-0.3, -0.25) is 0 Å². The Bertz CT molecular complexity index is 1030. The van der Waals surface area contributed by atoms with Gasteiger partial charge >= 0.3 is 0 Å². The minimum Gasteiger partial charge on any atom is -0.619 e. The third kappa shape index (κ3) is 3.92. The Morgan fingerprint density at radius 1 is 1.23 bits per heavy atom. The SMILES string of the molecule is [O-][n+]1cccc(CNc2cc(NC3CCCCC3CO)nc3c(C4CC4)cnn23)c1. The van der Waals surface area contributed by atoms with Gasteiger partial charge in [0.05, 0.1) is 6.20 Å². The molecule has 3 aromatic rings. The number of anilines is 2. The predicted octanol–water partition coefficient (Wildman–Crippen LogP) is 2.82. The second kappa shape index (κ2) is 8.10. The Labute approximate surface area is 175 Å². The van der Waals surface area contributed by atoms with Crippen molar-refractivity contribution in [2.24, 2.45) is 5.92 Å². The molecule has 30 heavy (non-hydrogen) atoms. The van der Waals surface area contributed by atoms with Crippen molar-refractivity contribution in [2.45, 2.75) is 57.0 Å². The van der Waals surface area contributed by atoms with Crippen LogP contribution in [0.25, 0.3) is 5.65 Å². The Kier molecular flexibility index (Phi) is 5.16. The number of fused-ring (bicyclic) bond motifs is 1. The fourth-order valence-corrected chi connectivity index (χ4v) is 4.47. The first-order valence-electron chi connectivity index (χ1n) is 10.9. The molecular weight excluding hydrogens is 380 g/mol. The highest BCUT2D eigenvalue weighted by molar-refractivity contribution is 5.62. The number of hydrogen-bond donors (Lipinski definition) is 3. The van der Waals surface area contributed by atoms with E-state index in [0.29, 0.717) is 12.5 Å². The maximum absolute atomic E-state index is 11.6. The Hall–Kier alpha value is -2.87. The van der Waals surface area contributed by atoms with Gasteiger partial charge in [0.2, 0.25) is 0 Å². The molecule has 2 aliphatic carbocycles. The topological polar surface area (TPSA) is 101 Å². The van der Waals surface area contributed by atoms with Gasteiger partial charge in [0.15, 0.2) is 18.0 Å². The summed E-state index contributed by atoms with van der Waals surface area (Å²) in [4.78, 5) is 4.90. The highest BCUT2D eigenvalue weighted by Crippen LogP contribution is 2.42. The Morgan fingerprint density at radius 2 is 2.10 bits per heavy atom. The van der Waals surface area contributed by atoms with E-state index in [1.54, 1.807) is 12.3 Å². The monoisotopic (exact) mass is 408 g/mol. The smallest absolute Gasteiger partial charge is 0.185 e. The van der Waals surface area contributed by atoms with E-state index < -0.39 is 0 Å². The lowest BCUT2D eigenvalue weighted by molar-refractivity contribution is -0.605. The zero-order valence-electron chi connectivity index (χ0n) is 17.0. The number of nitrogens with zero attached hydrogens (tertiary/aromatic N) is 4. The molecule has 0 amide bonds. The van der Waals surface area contributed by atoms with Crippen LogP contribution in [0.3, 0.4) is 0 Å². The molecule has 3 aromatic heterocycles. The second-order valence-corrected chi connectivity index (χ2v) is 8.54. The average molecular weight is 409 g/mol. The van der Waals surface area contributed by atoms with Crippen LogP contribution < -0.4 is 15.4 Å². The minimum atomic E-state index is 0.203. The van der Waals surface area contributed by atoms with Crippen LogP contribution in [0.4, 0.5) is 11.6 Å². The van der Waals surface area contributed by atoms with Gasteiger partial charge in [-0.05, 0) is 37.7 Å². The van der Waals surface area contributed by atoms with Gasteiger partial charge < -0.3 is 20.9 Å². The fraction of sp³-hybridized carbons (Fsp3) is 0.500. The van der Waals surface area contributed by atoms with Gasteiger partial charge in [-0.1, -0.05) is 12.8 Å². The number of nitrogens with one attached hydrogen (secondary N) is 2. The Balaban J connectivity index is 1.45. The summed E-state index contributed by atoms with van der Waals surface area (Å²) >= 11 is 0. The number of pyridine rings is 1. The van der Waals surface area contributed by atoms with Gasteiger partial charge in [0.1, 0.15) is 11.6 Å². The van der Waals surface area contributed by atoms with E-state index in [2.05, 4.69) is 15.7 Å². The highest BCUT2D eigenvalue weighted by Gasteiger charge is 2.29. The summed E-state index contributed by atoms with van der Waals surface area (Å²) in [6.45, 7) is 0.719. The van der Waals surface area contributed by atoms with E-state index in [9.17, 15) is 10.3 Å². The molecule has 2 atom stereocenters. The number of aromatic nitrogens is 4. The van der Waals surface area contributed by atoms with Crippen molar-refractivity contribution in [3.05, 3.63) is 53.1 Å². The molecular formula is C22H28N6O2. The molecule has 0 saturated heterocycles. The molecule has 3 N–H and O–H groups in total. The largest absolute Gasteiger partial charge is 0.619 e. The number of aliphatic hydroxyl groups is 1. The molecule has 2 aliphatic rings. The van der Waals surface area contributed by atoms with E-state index in [1.165, 1.54) is 37.4 Å². The molecule has 0 aliphatic heterocycles. The van der Waals surface area contributed by atoms with Crippen molar-refractivity contribution in [1.29, 1.82) is 0 Å². The van der Waals surface area contributed by atoms with E-state index in [1.807, 2.05) is 22.8 Å². The van der Waals surface area contributed by atoms with E-state index in [4.69, 9.17) is 4.98 Å². The summed E-state index contributed by atoms with van der Waals surface area (Å²) in [5.74, 6) is 2.46.